The highest BCUT2D eigenvalue weighted by Crippen LogP contribution is 2.28. The minimum atomic E-state index is -0.838. The average molecular weight is 362 g/mol. The van der Waals surface area contributed by atoms with Gasteiger partial charge in [0.05, 0.1) is 6.54 Å². The minimum absolute atomic E-state index is 0.0172. The Kier molecular flexibility index (Phi) is 5.27. The maximum absolute atomic E-state index is 13.4. The Morgan fingerprint density at radius 2 is 2.04 bits per heavy atom. The molecule has 2 heterocycles. The van der Waals surface area contributed by atoms with Crippen LogP contribution in [0, 0.1) is 12.7 Å². The molecule has 0 spiro atoms. The van der Waals surface area contributed by atoms with Crippen molar-refractivity contribution >= 4 is 22.8 Å². The van der Waals surface area contributed by atoms with Crippen molar-refractivity contribution in [2.75, 3.05) is 26.2 Å². The van der Waals surface area contributed by atoms with E-state index in [0.29, 0.717) is 36.2 Å². The topological polar surface area (TPSA) is 74.0 Å². The number of carboxylic acid groups (broad SMARTS) is 1. The van der Waals surface area contributed by atoms with Gasteiger partial charge in [-0.2, -0.15) is 0 Å². The zero-order valence-corrected chi connectivity index (χ0v) is 15.0. The van der Waals surface area contributed by atoms with Gasteiger partial charge in [0.25, 0.3) is 5.91 Å². The van der Waals surface area contributed by atoms with Crippen LogP contribution >= 0.6 is 0 Å². The number of likely N-dealkylation sites (tertiary alicyclic amines) is 1. The number of piperidine rings is 1. The second kappa shape index (κ2) is 7.45. The number of halogens is 1. The van der Waals surface area contributed by atoms with Crippen LogP contribution in [0.5, 0.6) is 0 Å². The first-order valence-corrected chi connectivity index (χ1v) is 8.84. The third-order valence-electron chi connectivity index (χ3n) is 5.11. The van der Waals surface area contributed by atoms with Crippen molar-refractivity contribution in [3.63, 3.8) is 0 Å². The summed E-state index contributed by atoms with van der Waals surface area (Å²) in [4.78, 5) is 27.5. The molecule has 0 radical (unpaired) electrons. The van der Waals surface area contributed by atoms with E-state index in [1.807, 2.05) is 11.8 Å². The van der Waals surface area contributed by atoms with Gasteiger partial charge in [0.1, 0.15) is 11.4 Å². The van der Waals surface area contributed by atoms with Gasteiger partial charge in [-0.05, 0) is 44.5 Å². The molecule has 1 N–H and O–H groups in total. The van der Waals surface area contributed by atoms with Crippen LogP contribution in [0.2, 0.25) is 0 Å². The molecule has 1 saturated heterocycles. The van der Waals surface area contributed by atoms with Gasteiger partial charge >= 0.3 is 5.97 Å². The lowest BCUT2D eigenvalue weighted by molar-refractivity contribution is -0.139. The number of aliphatic carboxylic acids is 1. The highest BCUT2D eigenvalue weighted by atomic mass is 19.1. The summed E-state index contributed by atoms with van der Waals surface area (Å²) in [7, 11) is 0. The fourth-order valence-electron chi connectivity index (χ4n) is 3.65. The predicted octanol–water partition coefficient (Wildman–Crippen LogP) is 2.89. The van der Waals surface area contributed by atoms with E-state index >= 15 is 0 Å². The lowest BCUT2D eigenvalue weighted by Crippen LogP contribution is -2.48. The largest absolute Gasteiger partial charge is 0.480 e. The van der Waals surface area contributed by atoms with Crippen LogP contribution in [0.1, 0.15) is 35.9 Å². The van der Waals surface area contributed by atoms with Crippen LogP contribution in [0.4, 0.5) is 4.39 Å². The van der Waals surface area contributed by atoms with Crippen molar-refractivity contribution in [1.82, 2.24) is 9.80 Å². The number of rotatable bonds is 5. The summed E-state index contributed by atoms with van der Waals surface area (Å²) in [5.74, 6) is -1.14. The number of benzene rings is 1. The SMILES string of the molecule is CCN(CC(=O)O)C1CCN(C(=O)c2oc3ccc(F)cc3c2C)CC1. The Hall–Kier alpha value is -2.41. The van der Waals surface area contributed by atoms with Gasteiger partial charge in [-0.3, -0.25) is 14.5 Å². The molecule has 0 unspecified atom stereocenters. The van der Waals surface area contributed by atoms with Gasteiger partial charge in [0.2, 0.25) is 0 Å². The predicted molar refractivity (Wildman–Crippen MR) is 94.7 cm³/mol. The van der Waals surface area contributed by atoms with Crippen LogP contribution in [-0.2, 0) is 4.79 Å². The number of carbonyl (C=O) groups excluding carboxylic acids is 1. The van der Waals surface area contributed by atoms with Crippen molar-refractivity contribution in [1.29, 1.82) is 0 Å². The number of fused-ring (bicyclic) bond motifs is 1. The van der Waals surface area contributed by atoms with Crippen molar-refractivity contribution < 1.29 is 23.5 Å². The van der Waals surface area contributed by atoms with Crippen molar-refractivity contribution in [2.45, 2.75) is 32.7 Å². The maximum atomic E-state index is 13.4. The van der Waals surface area contributed by atoms with E-state index in [9.17, 15) is 14.0 Å². The summed E-state index contributed by atoms with van der Waals surface area (Å²) in [5, 5.41) is 9.62. The molecule has 1 aromatic carbocycles. The first-order valence-electron chi connectivity index (χ1n) is 8.84. The molecular weight excluding hydrogens is 339 g/mol. The third kappa shape index (κ3) is 3.58. The van der Waals surface area contributed by atoms with Gasteiger partial charge in [-0.25, -0.2) is 4.39 Å². The summed E-state index contributed by atoms with van der Waals surface area (Å²) in [6.07, 6.45) is 1.45. The Morgan fingerprint density at radius 3 is 2.65 bits per heavy atom. The fourth-order valence-corrected chi connectivity index (χ4v) is 3.65. The summed E-state index contributed by atoms with van der Waals surface area (Å²) in [6, 6.07) is 4.38. The Bertz CT molecular complexity index is 824. The number of likely N-dealkylation sites (N-methyl/N-ethyl adjacent to an activating group) is 1. The molecule has 140 valence electrons. The zero-order chi connectivity index (χ0) is 18.8. The number of hydrogen-bond acceptors (Lipinski definition) is 4. The van der Waals surface area contributed by atoms with E-state index < -0.39 is 5.97 Å². The molecule has 1 amide bonds. The van der Waals surface area contributed by atoms with Gasteiger partial charge in [0.15, 0.2) is 5.76 Å². The van der Waals surface area contributed by atoms with E-state index in [2.05, 4.69) is 0 Å². The maximum Gasteiger partial charge on any atom is 0.317 e. The van der Waals surface area contributed by atoms with Gasteiger partial charge < -0.3 is 14.4 Å². The van der Waals surface area contributed by atoms with Crippen LogP contribution < -0.4 is 0 Å². The molecule has 0 bridgehead atoms. The summed E-state index contributed by atoms with van der Waals surface area (Å²) < 4.78 is 19.1. The van der Waals surface area contributed by atoms with E-state index in [-0.39, 0.29) is 30.1 Å². The zero-order valence-electron chi connectivity index (χ0n) is 15.0. The van der Waals surface area contributed by atoms with Crippen molar-refractivity contribution in [2.24, 2.45) is 0 Å². The van der Waals surface area contributed by atoms with Crippen LogP contribution in [-0.4, -0.2) is 59.0 Å². The van der Waals surface area contributed by atoms with Gasteiger partial charge in [-0.15, -0.1) is 0 Å². The number of amides is 1. The fraction of sp³-hybridized carbons (Fsp3) is 0.474. The lowest BCUT2D eigenvalue weighted by atomic mass is 10.0. The normalized spacial score (nSPS) is 15.8. The lowest BCUT2D eigenvalue weighted by Gasteiger charge is -2.37. The Balaban J connectivity index is 1.71. The smallest absolute Gasteiger partial charge is 0.317 e. The molecule has 1 aromatic heterocycles. The number of hydrogen-bond donors (Lipinski definition) is 1. The molecule has 26 heavy (non-hydrogen) atoms. The van der Waals surface area contributed by atoms with Crippen LogP contribution in [0.25, 0.3) is 11.0 Å². The Labute approximate surface area is 151 Å². The molecule has 0 atom stereocenters. The highest BCUT2D eigenvalue weighted by molar-refractivity contribution is 5.99. The first-order chi connectivity index (χ1) is 12.4. The summed E-state index contributed by atoms with van der Waals surface area (Å²) in [6.45, 7) is 5.48. The summed E-state index contributed by atoms with van der Waals surface area (Å²) in [5.41, 5.74) is 1.15. The Morgan fingerprint density at radius 1 is 1.35 bits per heavy atom. The van der Waals surface area contributed by atoms with Gasteiger partial charge in [-0.1, -0.05) is 6.92 Å². The number of carboxylic acids is 1. The highest BCUT2D eigenvalue weighted by Gasteiger charge is 2.30. The van der Waals surface area contributed by atoms with E-state index in [4.69, 9.17) is 9.52 Å². The first kappa shape index (κ1) is 18.4. The van der Waals surface area contributed by atoms with Gasteiger partial charge in [0, 0.05) is 30.1 Å². The molecule has 7 heteroatoms. The van der Waals surface area contributed by atoms with Crippen molar-refractivity contribution in [3.05, 3.63) is 35.3 Å². The molecule has 6 nitrogen and oxygen atoms in total. The average Bonchev–Trinajstić information content (AvgIpc) is 2.95. The van der Waals surface area contributed by atoms with E-state index in [1.54, 1.807) is 11.8 Å². The van der Waals surface area contributed by atoms with E-state index in [1.165, 1.54) is 18.2 Å². The molecule has 1 aliphatic rings. The standard InChI is InChI=1S/C19H23FN2O4/c1-3-21(11-17(23)24)14-6-8-22(9-7-14)19(25)18-12(2)15-10-13(20)4-5-16(15)26-18/h4-5,10,14H,3,6-9,11H2,1-2H3,(H,23,24). The monoisotopic (exact) mass is 362 g/mol. The molecule has 1 fully saturated rings. The second-order valence-electron chi connectivity index (χ2n) is 6.68. The second-order valence-corrected chi connectivity index (χ2v) is 6.68. The molecular formula is C19H23FN2O4. The molecule has 0 aliphatic carbocycles. The van der Waals surface area contributed by atoms with E-state index in [0.717, 1.165) is 12.8 Å². The number of nitrogens with zero attached hydrogens (tertiary/aromatic N) is 2. The molecule has 0 saturated carbocycles. The van der Waals surface area contributed by atoms with Crippen LogP contribution in [0.3, 0.4) is 0 Å². The number of furan rings is 1. The van der Waals surface area contributed by atoms with Crippen LogP contribution in [0.15, 0.2) is 22.6 Å². The third-order valence-corrected chi connectivity index (χ3v) is 5.11. The quantitative estimate of drug-likeness (QED) is 0.885. The minimum Gasteiger partial charge on any atom is -0.480 e. The molecule has 1 aliphatic heterocycles. The number of carbonyl (C=O) groups is 2. The summed E-state index contributed by atoms with van der Waals surface area (Å²) >= 11 is 0. The molecule has 2 aromatic rings. The molecule has 3 rings (SSSR count). The van der Waals surface area contributed by atoms with Crippen molar-refractivity contribution in [3.8, 4) is 0 Å². The number of aryl methyl sites for hydroxylation is 1.